The lowest BCUT2D eigenvalue weighted by Crippen LogP contribution is -2.17. The van der Waals surface area contributed by atoms with Crippen LogP contribution in [0, 0.1) is 11.2 Å². The minimum Gasteiger partial charge on any atom is -0.384 e. The molecule has 1 fully saturated rings. The number of rotatable bonds is 3. The van der Waals surface area contributed by atoms with Crippen LogP contribution in [0.2, 0.25) is 0 Å². The number of thioether (sulfide) groups is 1. The molecule has 1 aliphatic rings. The van der Waals surface area contributed by atoms with Gasteiger partial charge in [0.25, 0.3) is 0 Å². The van der Waals surface area contributed by atoms with Crippen molar-refractivity contribution < 1.29 is 9.13 Å². The second kappa shape index (κ2) is 5.51. The first-order valence-corrected chi connectivity index (χ1v) is 6.43. The van der Waals surface area contributed by atoms with Crippen LogP contribution in [-0.2, 0) is 4.74 Å². The number of ether oxygens (including phenoxy) is 1. The molecule has 0 radical (unpaired) electrons. The summed E-state index contributed by atoms with van der Waals surface area (Å²) >= 11 is 1.55. The summed E-state index contributed by atoms with van der Waals surface area (Å²) < 4.78 is 19.0. The molecule has 92 valence electrons. The summed E-state index contributed by atoms with van der Waals surface area (Å²) in [5.74, 6) is -0.402. The van der Waals surface area contributed by atoms with E-state index in [2.05, 4.69) is 0 Å². The van der Waals surface area contributed by atoms with Crippen LogP contribution in [0.3, 0.4) is 0 Å². The molecule has 0 atom stereocenters. The van der Waals surface area contributed by atoms with Crippen molar-refractivity contribution in [3.63, 3.8) is 0 Å². The predicted octanol–water partition coefficient (Wildman–Crippen LogP) is 2.38. The van der Waals surface area contributed by atoms with E-state index in [-0.39, 0.29) is 11.7 Å². The van der Waals surface area contributed by atoms with Gasteiger partial charge in [0.2, 0.25) is 0 Å². The molecule has 5 heteroatoms. The molecule has 1 saturated heterocycles. The quantitative estimate of drug-likeness (QED) is 0.643. The predicted molar refractivity (Wildman–Crippen MR) is 67.1 cm³/mol. The Morgan fingerprint density at radius 2 is 2.12 bits per heavy atom. The molecular weight excluding hydrogens is 239 g/mol. The van der Waals surface area contributed by atoms with Gasteiger partial charge in [0.05, 0.1) is 0 Å². The van der Waals surface area contributed by atoms with Gasteiger partial charge in [0.1, 0.15) is 11.7 Å². The summed E-state index contributed by atoms with van der Waals surface area (Å²) in [5, 5.41) is 7.66. The van der Waals surface area contributed by atoms with E-state index in [1.54, 1.807) is 23.9 Å². The zero-order chi connectivity index (χ0) is 12.3. The molecular formula is C12H15FN2OS. The fourth-order valence-electron chi connectivity index (χ4n) is 1.74. The second-order valence-electron chi connectivity index (χ2n) is 3.99. The van der Waals surface area contributed by atoms with Crippen LogP contribution >= 0.6 is 11.8 Å². The molecule has 0 amide bonds. The van der Waals surface area contributed by atoms with Crippen LogP contribution in [0.1, 0.15) is 18.4 Å². The first-order chi connectivity index (χ1) is 8.16. The van der Waals surface area contributed by atoms with Gasteiger partial charge >= 0.3 is 0 Å². The highest BCUT2D eigenvalue weighted by molar-refractivity contribution is 8.00. The fourth-order valence-corrected chi connectivity index (χ4v) is 2.84. The Morgan fingerprint density at radius 1 is 1.41 bits per heavy atom. The first kappa shape index (κ1) is 12.4. The van der Waals surface area contributed by atoms with Gasteiger partial charge in [0, 0.05) is 28.9 Å². The zero-order valence-electron chi connectivity index (χ0n) is 9.41. The molecule has 1 aromatic carbocycles. The van der Waals surface area contributed by atoms with Crippen molar-refractivity contribution >= 4 is 17.6 Å². The molecule has 0 spiro atoms. The zero-order valence-corrected chi connectivity index (χ0v) is 10.2. The van der Waals surface area contributed by atoms with E-state index < -0.39 is 0 Å². The highest BCUT2D eigenvalue weighted by Gasteiger charge is 2.17. The molecule has 17 heavy (non-hydrogen) atoms. The molecule has 1 aromatic rings. The summed E-state index contributed by atoms with van der Waals surface area (Å²) in [7, 11) is 0. The van der Waals surface area contributed by atoms with Gasteiger partial charge in [-0.3, -0.25) is 5.41 Å². The van der Waals surface area contributed by atoms with E-state index in [0.717, 1.165) is 26.1 Å². The molecule has 0 unspecified atom stereocenters. The number of amidine groups is 1. The van der Waals surface area contributed by atoms with Crippen LogP contribution in [0.25, 0.3) is 0 Å². The molecule has 2 rings (SSSR count). The lowest BCUT2D eigenvalue weighted by molar-refractivity contribution is 0.1000. The first-order valence-electron chi connectivity index (χ1n) is 5.55. The number of halogens is 1. The monoisotopic (exact) mass is 254 g/mol. The highest BCUT2D eigenvalue weighted by Crippen LogP contribution is 2.31. The molecule has 0 bridgehead atoms. The van der Waals surface area contributed by atoms with E-state index in [4.69, 9.17) is 15.9 Å². The van der Waals surface area contributed by atoms with E-state index in [9.17, 15) is 4.39 Å². The smallest absolute Gasteiger partial charge is 0.137 e. The molecule has 0 aliphatic carbocycles. The second-order valence-corrected chi connectivity index (χ2v) is 5.33. The van der Waals surface area contributed by atoms with E-state index in [1.807, 2.05) is 0 Å². The number of hydrogen-bond donors (Lipinski definition) is 2. The van der Waals surface area contributed by atoms with E-state index in [0.29, 0.717) is 15.7 Å². The third-order valence-corrected chi connectivity index (χ3v) is 4.09. The maximum atomic E-state index is 13.8. The Hall–Kier alpha value is -1.07. The van der Waals surface area contributed by atoms with Gasteiger partial charge in [-0.1, -0.05) is 0 Å². The van der Waals surface area contributed by atoms with Crippen LogP contribution < -0.4 is 5.73 Å². The van der Waals surface area contributed by atoms with Crippen molar-refractivity contribution in [3.8, 4) is 0 Å². The SMILES string of the molecule is N=C(N)c1ccc(SC2CCOCC2)c(F)c1. The molecule has 1 aliphatic heterocycles. The Morgan fingerprint density at radius 3 is 2.71 bits per heavy atom. The third-order valence-electron chi connectivity index (χ3n) is 2.70. The number of hydrogen-bond acceptors (Lipinski definition) is 3. The highest BCUT2D eigenvalue weighted by atomic mass is 32.2. The molecule has 0 saturated carbocycles. The Bertz CT molecular complexity index is 419. The van der Waals surface area contributed by atoms with Crippen LogP contribution in [0.4, 0.5) is 4.39 Å². The van der Waals surface area contributed by atoms with Crippen LogP contribution in [0.15, 0.2) is 23.1 Å². The number of benzene rings is 1. The third kappa shape index (κ3) is 3.20. The Balaban J connectivity index is 2.08. The largest absolute Gasteiger partial charge is 0.384 e. The molecule has 3 N–H and O–H groups in total. The lowest BCUT2D eigenvalue weighted by atomic mass is 10.2. The minimum absolute atomic E-state index is 0.105. The Labute approximate surface area is 104 Å². The van der Waals surface area contributed by atoms with Crippen molar-refractivity contribution in [2.24, 2.45) is 5.73 Å². The van der Waals surface area contributed by atoms with Crippen molar-refractivity contribution in [3.05, 3.63) is 29.6 Å². The Kier molecular flexibility index (Phi) is 4.02. The number of nitrogens with one attached hydrogen (secondary N) is 1. The minimum atomic E-state index is -0.297. The summed E-state index contributed by atoms with van der Waals surface area (Å²) in [4.78, 5) is 0.627. The maximum absolute atomic E-state index is 13.8. The summed E-state index contributed by atoms with van der Waals surface area (Å²) in [6, 6.07) is 4.71. The molecule has 0 aromatic heterocycles. The van der Waals surface area contributed by atoms with Gasteiger partial charge in [-0.05, 0) is 31.0 Å². The van der Waals surface area contributed by atoms with E-state index in [1.165, 1.54) is 6.07 Å². The van der Waals surface area contributed by atoms with Gasteiger partial charge in [-0.25, -0.2) is 4.39 Å². The number of nitrogens with two attached hydrogens (primary N) is 1. The van der Waals surface area contributed by atoms with Gasteiger partial charge in [-0.2, -0.15) is 0 Å². The lowest BCUT2D eigenvalue weighted by Gasteiger charge is -2.21. The van der Waals surface area contributed by atoms with Gasteiger partial charge in [-0.15, -0.1) is 11.8 Å². The maximum Gasteiger partial charge on any atom is 0.137 e. The fraction of sp³-hybridized carbons (Fsp3) is 0.417. The summed E-state index contributed by atoms with van der Waals surface area (Å²) in [6.45, 7) is 1.51. The van der Waals surface area contributed by atoms with E-state index >= 15 is 0 Å². The van der Waals surface area contributed by atoms with Crippen LogP contribution in [-0.4, -0.2) is 24.3 Å². The average Bonchev–Trinajstić information content (AvgIpc) is 2.33. The van der Waals surface area contributed by atoms with Crippen molar-refractivity contribution in [1.82, 2.24) is 0 Å². The normalized spacial score (nSPS) is 17.0. The molecule has 1 heterocycles. The summed E-state index contributed by atoms with van der Waals surface area (Å²) in [6.07, 6.45) is 1.91. The summed E-state index contributed by atoms with van der Waals surface area (Å²) in [5.41, 5.74) is 5.74. The van der Waals surface area contributed by atoms with Gasteiger partial charge < -0.3 is 10.5 Å². The molecule has 3 nitrogen and oxygen atoms in total. The van der Waals surface area contributed by atoms with Crippen molar-refractivity contribution in [1.29, 1.82) is 5.41 Å². The van der Waals surface area contributed by atoms with Gasteiger partial charge in [0.15, 0.2) is 0 Å². The topological polar surface area (TPSA) is 59.1 Å². The number of nitrogen functional groups attached to an aromatic ring is 1. The standard InChI is InChI=1S/C12H15FN2OS/c13-10-7-8(12(14)15)1-2-11(10)17-9-3-5-16-6-4-9/h1-2,7,9H,3-6H2,(H3,14,15). The van der Waals surface area contributed by atoms with Crippen molar-refractivity contribution in [2.75, 3.05) is 13.2 Å². The van der Waals surface area contributed by atoms with Crippen LogP contribution in [0.5, 0.6) is 0 Å². The van der Waals surface area contributed by atoms with Crippen molar-refractivity contribution in [2.45, 2.75) is 23.0 Å². The average molecular weight is 254 g/mol.